The summed E-state index contributed by atoms with van der Waals surface area (Å²) in [6.45, 7) is 0.452. The van der Waals surface area contributed by atoms with E-state index in [-0.39, 0.29) is 11.8 Å². The summed E-state index contributed by atoms with van der Waals surface area (Å²) in [5.41, 5.74) is 2.53. The molecule has 114 valence electrons. The standard InChI is InChI=1S/C17H18N2O3/c1-18-16(20)14-7-4-8-15(10-14)19-17(21)13-6-3-5-12(9-13)11-22-2/h3-10H,11H2,1-2H3,(H,18,20)(H,19,21). The fourth-order valence-electron chi connectivity index (χ4n) is 2.05. The maximum atomic E-state index is 12.3. The van der Waals surface area contributed by atoms with Crippen molar-refractivity contribution in [1.29, 1.82) is 0 Å². The summed E-state index contributed by atoms with van der Waals surface area (Å²) >= 11 is 0. The molecule has 2 aromatic carbocycles. The van der Waals surface area contributed by atoms with Gasteiger partial charge in [0.25, 0.3) is 11.8 Å². The molecule has 0 aliphatic heterocycles. The van der Waals surface area contributed by atoms with Crippen LogP contribution in [-0.4, -0.2) is 26.0 Å². The summed E-state index contributed by atoms with van der Waals surface area (Å²) in [6, 6.07) is 14.0. The zero-order chi connectivity index (χ0) is 15.9. The maximum absolute atomic E-state index is 12.3. The Morgan fingerprint density at radius 1 is 1.00 bits per heavy atom. The number of carbonyl (C=O) groups is 2. The molecule has 2 rings (SSSR count). The number of carbonyl (C=O) groups excluding carboxylic acids is 2. The molecule has 0 aliphatic carbocycles. The van der Waals surface area contributed by atoms with Crippen molar-refractivity contribution in [2.75, 3.05) is 19.5 Å². The van der Waals surface area contributed by atoms with E-state index in [2.05, 4.69) is 10.6 Å². The van der Waals surface area contributed by atoms with E-state index in [9.17, 15) is 9.59 Å². The fourth-order valence-corrected chi connectivity index (χ4v) is 2.05. The maximum Gasteiger partial charge on any atom is 0.255 e. The fraction of sp³-hybridized carbons (Fsp3) is 0.176. The Morgan fingerprint density at radius 3 is 2.36 bits per heavy atom. The van der Waals surface area contributed by atoms with Gasteiger partial charge in [-0.3, -0.25) is 9.59 Å². The lowest BCUT2D eigenvalue weighted by atomic mass is 10.1. The van der Waals surface area contributed by atoms with Gasteiger partial charge < -0.3 is 15.4 Å². The molecule has 5 heteroatoms. The van der Waals surface area contributed by atoms with E-state index in [1.165, 1.54) is 0 Å². The van der Waals surface area contributed by atoms with Crippen molar-refractivity contribution in [3.63, 3.8) is 0 Å². The molecule has 0 bridgehead atoms. The summed E-state index contributed by atoms with van der Waals surface area (Å²) in [4.78, 5) is 23.9. The van der Waals surface area contributed by atoms with Crippen LogP contribution in [0.15, 0.2) is 48.5 Å². The van der Waals surface area contributed by atoms with Gasteiger partial charge in [0.15, 0.2) is 0 Å². The largest absolute Gasteiger partial charge is 0.380 e. The second-order valence-corrected chi connectivity index (χ2v) is 4.75. The van der Waals surface area contributed by atoms with E-state index < -0.39 is 0 Å². The minimum Gasteiger partial charge on any atom is -0.380 e. The van der Waals surface area contributed by atoms with Crippen LogP contribution in [0.2, 0.25) is 0 Å². The molecule has 0 saturated carbocycles. The smallest absolute Gasteiger partial charge is 0.255 e. The second-order valence-electron chi connectivity index (χ2n) is 4.75. The molecule has 0 aromatic heterocycles. The van der Waals surface area contributed by atoms with Crippen molar-refractivity contribution < 1.29 is 14.3 Å². The average Bonchev–Trinajstić information content (AvgIpc) is 2.55. The Balaban J connectivity index is 2.15. The van der Waals surface area contributed by atoms with E-state index in [1.54, 1.807) is 50.6 Å². The highest BCUT2D eigenvalue weighted by atomic mass is 16.5. The van der Waals surface area contributed by atoms with Gasteiger partial charge in [-0.05, 0) is 35.9 Å². The Bertz CT molecular complexity index is 683. The summed E-state index contributed by atoms with van der Waals surface area (Å²) in [6.07, 6.45) is 0. The SMILES string of the molecule is CNC(=O)c1cccc(NC(=O)c2cccc(COC)c2)c1. The van der Waals surface area contributed by atoms with Crippen LogP contribution in [0.1, 0.15) is 26.3 Å². The summed E-state index contributed by atoms with van der Waals surface area (Å²) in [7, 11) is 3.17. The lowest BCUT2D eigenvalue weighted by molar-refractivity contribution is 0.0961. The average molecular weight is 298 g/mol. The Hall–Kier alpha value is -2.66. The van der Waals surface area contributed by atoms with Gasteiger partial charge in [-0.1, -0.05) is 18.2 Å². The number of amides is 2. The van der Waals surface area contributed by atoms with Crippen LogP contribution in [0, 0.1) is 0 Å². The first-order valence-corrected chi connectivity index (χ1v) is 6.85. The number of hydrogen-bond acceptors (Lipinski definition) is 3. The summed E-state index contributed by atoms with van der Waals surface area (Å²) in [5, 5.41) is 5.34. The van der Waals surface area contributed by atoms with Crippen molar-refractivity contribution in [1.82, 2.24) is 5.32 Å². The van der Waals surface area contributed by atoms with E-state index in [4.69, 9.17) is 4.74 Å². The molecule has 0 heterocycles. The second kappa shape index (κ2) is 7.38. The van der Waals surface area contributed by atoms with Gasteiger partial charge in [0.05, 0.1) is 6.61 Å². The molecule has 0 saturated heterocycles. The van der Waals surface area contributed by atoms with Gasteiger partial charge >= 0.3 is 0 Å². The normalized spacial score (nSPS) is 10.1. The predicted molar refractivity (Wildman–Crippen MR) is 84.9 cm³/mol. The first-order valence-electron chi connectivity index (χ1n) is 6.85. The Kier molecular flexibility index (Phi) is 5.27. The van der Waals surface area contributed by atoms with Crippen molar-refractivity contribution in [2.24, 2.45) is 0 Å². The molecule has 0 radical (unpaired) electrons. The number of rotatable bonds is 5. The Labute approximate surface area is 129 Å². The molecule has 0 fully saturated rings. The molecule has 0 unspecified atom stereocenters. The van der Waals surface area contributed by atoms with Crippen LogP contribution >= 0.6 is 0 Å². The molecule has 0 aliphatic rings. The van der Waals surface area contributed by atoms with Gasteiger partial charge in [-0.2, -0.15) is 0 Å². The van der Waals surface area contributed by atoms with E-state index >= 15 is 0 Å². The highest BCUT2D eigenvalue weighted by Gasteiger charge is 2.09. The number of ether oxygens (including phenoxy) is 1. The third-order valence-electron chi connectivity index (χ3n) is 3.11. The third kappa shape index (κ3) is 3.93. The molecular formula is C17H18N2O3. The third-order valence-corrected chi connectivity index (χ3v) is 3.11. The van der Waals surface area contributed by atoms with Crippen molar-refractivity contribution in [3.8, 4) is 0 Å². The van der Waals surface area contributed by atoms with Gasteiger partial charge in [0.1, 0.15) is 0 Å². The minimum absolute atomic E-state index is 0.196. The van der Waals surface area contributed by atoms with Crippen LogP contribution < -0.4 is 10.6 Å². The summed E-state index contributed by atoms with van der Waals surface area (Å²) in [5.74, 6) is -0.426. The van der Waals surface area contributed by atoms with Crippen LogP contribution in [0.25, 0.3) is 0 Å². The lowest BCUT2D eigenvalue weighted by Crippen LogP contribution is -2.18. The summed E-state index contributed by atoms with van der Waals surface area (Å²) < 4.78 is 5.06. The number of benzene rings is 2. The molecule has 2 aromatic rings. The van der Waals surface area contributed by atoms with Crippen LogP contribution in [-0.2, 0) is 11.3 Å². The number of anilines is 1. The quantitative estimate of drug-likeness (QED) is 0.891. The molecule has 0 spiro atoms. The highest BCUT2D eigenvalue weighted by Crippen LogP contribution is 2.13. The molecule has 2 N–H and O–H groups in total. The monoisotopic (exact) mass is 298 g/mol. The van der Waals surface area contributed by atoms with Gasteiger partial charge in [-0.15, -0.1) is 0 Å². The van der Waals surface area contributed by atoms with Crippen molar-refractivity contribution >= 4 is 17.5 Å². The lowest BCUT2D eigenvalue weighted by Gasteiger charge is -2.08. The molecule has 2 amide bonds. The van der Waals surface area contributed by atoms with E-state index in [0.717, 1.165) is 5.56 Å². The van der Waals surface area contributed by atoms with Crippen molar-refractivity contribution in [2.45, 2.75) is 6.61 Å². The zero-order valence-corrected chi connectivity index (χ0v) is 12.6. The minimum atomic E-state index is -0.230. The van der Waals surface area contributed by atoms with Gasteiger partial charge in [0.2, 0.25) is 0 Å². The number of methoxy groups -OCH3 is 1. The van der Waals surface area contributed by atoms with Crippen molar-refractivity contribution in [3.05, 3.63) is 65.2 Å². The van der Waals surface area contributed by atoms with Crippen LogP contribution in [0.3, 0.4) is 0 Å². The Morgan fingerprint density at radius 2 is 1.68 bits per heavy atom. The number of nitrogens with one attached hydrogen (secondary N) is 2. The predicted octanol–water partition coefficient (Wildman–Crippen LogP) is 2.44. The molecule has 0 atom stereocenters. The van der Waals surface area contributed by atoms with E-state index in [1.807, 2.05) is 12.1 Å². The first-order chi connectivity index (χ1) is 10.6. The number of hydrogen-bond donors (Lipinski definition) is 2. The highest BCUT2D eigenvalue weighted by molar-refractivity contribution is 6.05. The van der Waals surface area contributed by atoms with Gasteiger partial charge in [-0.25, -0.2) is 0 Å². The van der Waals surface area contributed by atoms with Crippen LogP contribution in [0.4, 0.5) is 5.69 Å². The molecule has 22 heavy (non-hydrogen) atoms. The first kappa shape index (κ1) is 15.7. The topological polar surface area (TPSA) is 67.4 Å². The van der Waals surface area contributed by atoms with E-state index in [0.29, 0.717) is 23.4 Å². The van der Waals surface area contributed by atoms with Crippen LogP contribution in [0.5, 0.6) is 0 Å². The zero-order valence-electron chi connectivity index (χ0n) is 12.6. The molecule has 5 nitrogen and oxygen atoms in total. The molecular weight excluding hydrogens is 280 g/mol. The van der Waals surface area contributed by atoms with Gasteiger partial charge in [0, 0.05) is 31.0 Å².